The molecule has 19 heavy (non-hydrogen) atoms. The van der Waals surface area contributed by atoms with Gasteiger partial charge in [0.25, 0.3) is 0 Å². The number of carbonyl (C=O) groups is 1. The predicted octanol–water partition coefficient (Wildman–Crippen LogP) is 3.33. The summed E-state index contributed by atoms with van der Waals surface area (Å²) in [6.45, 7) is 6.58. The lowest BCUT2D eigenvalue weighted by Crippen LogP contribution is -2.32. The van der Waals surface area contributed by atoms with Gasteiger partial charge >= 0.3 is 5.97 Å². The molecule has 0 amide bonds. The molecule has 0 bridgehead atoms. The quantitative estimate of drug-likeness (QED) is 0.782. The van der Waals surface area contributed by atoms with E-state index in [9.17, 15) is 4.79 Å². The van der Waals surface area contributed by atoms with Crippen molar-refractivity contribution in [2.24, 2.45) is 0 Å². The largest absolute Gasteiger partial charge is 0.465 e. The third kappa shape index (κ3) is 3.16. The Morgan fingerprint density at radius 3 is 2.53 bits per heavy atom. The Hall–Kier alpha value is -1.35. The molecule has 1 unspecified atom stereocenters. The van der Waals surface area contributed by atoms with Gasteiger partial charge in [0.05, 0.1) is 12.7 Å². The van der Waals surface area contributed by atoms with Crippen LogP contribution in [0.2, 0.25) is 0 Å². The third-order valence-electron chi connectivity index (χ3n) is 4.08. The van der Waals surface area contributed by atoms with E-state index in [-0.39, 0.29) is 5.97 Å². The second-order valence-corrected chi connectivity index (χ2v) is 5.34. The van der Waals surface area contributed by atoms with E-state index in [0.717, 1.165) is 5.56 Å². The van der Waals surface area contributed by atoms with Crippen LogP contribution < -0.4 is 0 Å². The number of carbonyl (C=O) groups excluding carboxylic acids is 1. The summed E-state index contributed by atoms with van der Waals surface area (Å²) in [7, 11) is 1.42. The Labute approximate surface area is 115 Å². The standard InChI is InChI=1S/C16H23NO2/c1-12-11-14(7-8-15(12)16(18)19-3)13(2)17-9-5-4-6-10-17/h7-8,11,13H,4-6,9-10H2,1-3H3. The summed E-state index contributed by atoms with van der Waals surface area (Å²) < 4.78 is 4.78. The van der Waals surface area contributed by atoms with Crippen LogP contribution in [-0.2, 0) is 4.74 Å². The normalized spacial score (nSPS) is 18.1. The van der Waals surface area contributed by atoms with E-state index in [2.05, 4.69) is 24.0 Å². The number of methoxy groups -OCH3 is 1. The Kier molecular flexibility index (Phi) is 4.59. The van der Waals surface area contributed by atoms with E-state index < -0.39 is 0 Å². The maximum atomic E-state index is 11.6. The molecule has 0 aliphatic carbocycles. The number of esters is 1. The van der Waals surface area contributed by atoms with E-state index in [4.69, 9.17) is 4.74 Å². The Bertz CT molecular complexity index is 450. The topological polar surface area (TPSA) is 29.5 Å². The molecule has 0 saturated carbocycles. The fourth-order valence-electron chi connectivity index (χ4n) is 2.80. The second-order valence-electron chi connectivity index (χ2n) is 5.34. The molecule has 1 aromatic rings. The van der Waals surface area contributed by atoms with Crippen molar-refractivity contribution in [3.63, 3.8) is 0 Å². The maximum Gasteiger partial charge on any atom is 0.338 e. The molecule has 0 aromatic heterocycles. The van der Waals surface area contributed by atoms with Gasteiger partial charge in [-0.05, 0) is 57.0 Å². The molecule has 0 radical (unpaired) electrons. The van der Waals surface area contributed by atoms with Crippen molar-refractivity contribution in [2.45, 2.75) is 39.2 Å². The number of benzene rings is 1. The highest BCUT2D eigenvalue weighted by molar-refractivity contribution is 5.90. The van der Waals surface area contributed by atoms with Crippen LogP contribution in [0.5, 0.6) is 0 Å². The summed E-state index contributed by atoms with van der Waals surface area (Å²) in [5.41, 5.74) is 2.94. The highest BCUT2D eigenvalue weighted by Crippen LogP contribution is 2.25. The molecule has 0 spiro atoms. The number of rotatable bonds is 3. The number of piperidine rings is 1. The van der Waals surface area contributed by atoms with Crippen LogP contribution in [0.1, 0.15) is 53.7 Å². The summed E-state index contributed by atoms with van der Waals surface area (Å²) in [4.78, 5) is 14.1. The third-order valence-corrected chi connectivity index (χ3v) is 4.08. The van der Waals surface area contributed by atoms with Crippen molar-refractivity contribution in [1.29, 1.82) is 0 Å². The van der Waals surface area contributed by atoms with Gasteiger partial charge < -0.3 is 4.74 Å². The SMILES string of the molecule is COC(=O)c1ccc(C(C)N2CCCCC2)cc1C. The number of hydrogen-bond donors (Lipinski definition) is 0. The van der Waals surface area contributed by atoms with E-state index in [1.165, 1.54) is 45.0 Å². The Morgan fingerprint density at radius 2 is 1.95 bits per heavy atom. The molecule has 1 fully saturated rings. The first-order valence-electron chi connectivity index (χ1n) is 7.06. The minimum absolute atomic E-state index is 0.255. The zero-order valence-electron chi connectivity index (χ0n) is 12.1. The molecule has 0 N–H and O–H groups in total. The van der Waals surface area contributed by atoms with Crippen molar-refractivity contribution in [3.05, 3.63) is 34.9 Å². The number of aryl methyl sites for hydroxylation is 1. The van der Waals surface area contributed by atoms with Gasteiger partial charge in [0.2, 0.25) is 0 Å². The van der Waals surface area contributed by atoms with Crippen molar-refractivity contribution < 1.29 is 9.53 Å². The maximum absolute atomic E-state index is 11.6. The fraction of sp³-hybridized carbons (Fsp3) is 0.562. The van der Waals surface area contributed by atoms with E-state index in [1.54, 1.807) is 0 Å². The van der Waals surface area contributed by atoms with E-state index >= 15 is 0 Å². The van der Waals surface area contributed by atoms with Gasteiger partial charge in [0.15, 0.2) is 0 Å². The predicted molar refractivity (Wildman–Crippen MR) is 76.4 cm³/mol. The highest BCUT2D eigenvalue weighted by atomic mass is 16.5. The lowest BCUT2D eigenvalue weighted by Gasteiger charge is -2.32. The van der Waals surface area contributed by atoms with Crippen LogP contribution in [-0.4, -0.2) is 31.1 Å². The zero-order valence-corrected chi connectivity index (χ0v) is 12.1. The molecule has 1 atom stereocenters. The van der Waals surface area contributed by atoms with Crippen molar-refractivity contribution in [2.75, 3.05) is 20.2 Å². The Morgan fingerprint density at radius 1 is 1.26 bits per heavy atom. The molecule has 2 rings (SSSR count). The molecule has 1 aliphatic rings. The molecule has 1 aromatic carbocycles. The van der Waals surface area contributed by atoms with E-state index in [0.29, 0.717) is 11.6 Å². The van der Waals surface area contributed by atoms with Gasteiger partial charge in [-0.3, -0.25) is 4.90 Å². The van der Waals surface area contributed by atoms with E-state index in [1.807, 2.05) is 13.0 Å². The van der Waals surface area contributed by atoms with Crippen LogP contribution in [0, 0.1) is 6.92 Å². The zero-order chi connectivity index (χ0) is 13.8. The summed E-state index contributed by atoms with van der Waals surface area (Å²) in [5.74, 6) is -0.255. The molecule has 3 nitrogen and oxygen atoms in total. The number of likely N-dealkylation sites (tertiary alicyclic amines) is 1. The molecule has 1 heterocycles. The molecule has 1 aliphatic heterocycles. The van der Waals surface area contributed by atoms with Crippen molar-refractivity contribution in [1.82, 2.24) is 4.90 Å². The minimum Gasteiger partial charge on any atom is -0.465 e. The minimum atomic E-state index is -0.255. The molecule has 1 saturated heterocycles. The average Bonchev–Trinajstić information content (AvgIpc) is 2.46. The van der Waals surface area contributed by atoms with Gasteiger partial charge in [-0.2, -0.15) is 0 Å². The lowest BCUT2D eigenvalue weighted by molar-refractivity contribution is 0.0600. The highest BCUT2D eigenvalue weighted by Gasteiger charge is 2.19. The van der Waals surface area contributed by atoms with Gasteiger partial charge in [0, 0.05) is 6.04 Å². The molecule has 104 valence electrons. The molecule has 3 heteroatoms. The number of nitrogens with zero attached hydrogens (tertiary/aromatic N) is 1. The van der Waals surface area contributed by atoms with Crippen LogP contribution in [0.15, 0.2) is 18.2 Å². The smallest absolute Gasteiger partial charge is 0.338 e. The van der Waals surface area contributed by atoms with Crippen molar-refractivity contribution >= 4 is 5.97 Å². The monoisotopic (exact) mass is 261 g/mol. The van der Waals surface area contributed by atoms with Crippen LogP contribution in [0.4, 0.5) is 0 Å². The first kappa shape index (κ1) is 14.1. The van der Waals surface area contributed by atoms with Crippen molar-refractivity contribution in [3.8, 4) is 0 Å². The molecular formula is C16H23NO2. The summed E-state index contributed by atoms with van der Waals surface area (Å²) in [6.07, 6.45) is 3.94. The van der Waals surface area contributed by atoms with Gasteiger partial charge in [0.1, 0.15) is 0 Å². The first-order chi connectivity index (χ1) is 9.13. The first-order valence-corrected chi connectivity index (χ1v) is 7.06. The number of hydrogen-bond acceptors (Lipinski definition) is 3. The lowest BCUT2D eigenvalue weighted by atomic mass is 9.98. The van der Waals surface area contributed by atoms with Crippen LogP contribution in [0.3, 0.4) is 0 Å². The number of ether oxygens (including phenoxy) is 1. The summed E-state index contributed by atoms with van der Waals surface area (Å²) >= 11 is 0. The Balaban J connectivity index is 2.16. The van der Waals surface area contributed by atoms with Crippen LogP contribution in [0.25, 0.3) is 0 Å². The summed E-state index contributed by atoms with van der Waals surface area (Å²) in [5, 5.41) is 0. The average molecular weight is 261 g/mol. The second kappa shape index (κ2) is 6.20. The van der Waals surface area contributed by atoms with Crippen LogP contribution >= 0.6 is 0 Å². The van der Waals surface area contributed by atoms with Gasteiger partial charge in [-0.1, -0.05) is 18.6 Å². The molecular weight excluding hydrogens is 238 g/mol. The summed E-state index contributed by atoms with van der Waals surface area (Å²) in [6, 6.07) is 6.48. The fourth-order valence-corrected chi connectivity index (χ4v) is 2.80. The van der Waals surface area contributed by atoms with Gasteiger partial charge in [-0.15, -0.1) is 0 Å². The van der Waals surface area contributed by atoms with Gasteiger partial charge in [-0.25, -0.2) is 4.79 Å².